The molecular formula is C16H16N4O4S. The summed E-state index contributed by atoms with van der Waals surface area (Å²) in [6.45, 7) is 0. The highest BCUT2D eigenvalue weighted by Gasteiger charge is 2.17. The second-order valence-electron chi connectivity index (χ2n) is 4.74. The molecule has 8 nitrogen and oxygen atoms in total. The van der Waals surface area contributed by atoms with Crippen LogP contribution in [0.25, 0.3) is 11.5 Å². The summed E-state index contributed by atoms with van der Waals surface area (Å²) in [5.41, 5.74) is 0.675. The van der Waals surface area contributed by atoms with Crippen molar-refractivity contribution in [3.8, 4) is 28.7 Å². The molecule has 3 aromatic rings. The summed E-state index contributed by atoms with van der Waals surface area (Å²) >= 11 is 1.42. The van der Waals surface area contributed by atoms with Crippen molar-refractivity contribution in [3.63, 3.8) is 0 Å². The lowest BCUT2D eigenvalue weighted by Gasteiger charge is -2.12. The molecule has 25 heavy (non-hydrogen) atoms. The molecular weight excluding hydrogens is 344 g/mol. The van der Waals surface area contributed by atoms with Crippen molar-refractivity contribution in [2.24, 2.45) is 0 Å². The molecule has 9 heteroatoms. The third kappa shape index (κ3) is 3.82. The molecule has 0 bridgehead atoms. The lowest BCUT2D eigenvalue weighted by molar-refractivity contribution is 0.324. The minimum Gasteiger partial charge on any atom is -0.493 e. The average Bonchev–Trinajstić information content (AvgIpc) is 3.15. The quantitative estimate of drug-likeness (QED) is 0.466. The van der Waals surface area contributed by atoms with Crippen LogP contribution in [0.15, 0.2) is 40.2 Å². The van der Waals surface area contributed by atoms with Crippen LogP contribution in [0.4, 0.5) is 0 Å². The summed E-state index contributed by atoms with van der Waals surface area (Å²) in [4.78, 5) is 8.28. The van der Waals surface area contributed by atoms with Gasteiger partial charge in [-0.3, -0.25) is 0 Å². The van der Waals surface area contributed by atoms with E-state index in [4.69, 9.17) is 18.6 Å². The van der Waals surface area contributed by atoms with Crippen LogP contribution in [0.5, 0.6) is 17.2 Å². The number of hydrogen-bond acceptors (Lipinski definition) is 9. The standard InChI is InChI=1S/C16H16N4O4S/c1-21-11-7-10(8-12(22-2)14(11)23-3)15-20-19-13(24-15)9-25-16-17-5-4-6-18-16/h4-8H,9H2,1-3H3. The second kappa shape index (κ2) is 7.84. The van der Waals surface area contributed by atoms with Gasteiger partial charge in [0.1, 0.15) is 0 Å². The summed E-state index contributed by atoms with van der Waals surface area (Å²) < 4.78 is 21.7. The maximum absolute atomic E-state index is 5.71. The van der Waals surface area contributed by atoms with Crippen molar-refractivity contribution in [2.75, 3.05) is 21.3 Å². The van der Waals surface area contributed by atoms with Crippen LogP contribution in [0, 0.1) is 0 Å². The van der Waals surface area contributed by atoms with Crippen LogP contribution < -0.4 is 14.2 Å². The molecule has 0 saturated heterocycles. The first-order valence-corrected chi connectivity index (χ1v) is 8.26. The second-order valence-corrected chi connectivity index (χ2v) is 5.68. The van der Waals surface area contributed by atoms with E-state index in [1.54, 1.807) is 51.9 Å². The molecule has 0 aliphatic carbocycles. The Bertz CT molecular complexity index is 816. The van der Waals surface area contributed by atoms with E-state index in [9.17, 15) is 0 Å². The Hall–Kier alpha value is -2.81. The Balaban J connectivity index is 1.82. The molecule has 0 fully saturated rings. The molecule has 0 saturated carbocycles. The minimum absolute atomic E-state index is 0.365. The largest absolute Gasteiger partial charge is 0.493 e. The van der Waals surface area contributed by atoms with Gasteiger partial charge in [-0.25, -0.2) is 9.97 Å². The summed E-state index contributed by atoms with van der Waals surface area (Å²) in [6.07, 6.45) is 3.37. The average molecular weight is 360 g/mol. The predicted molar refractivity (Wildman–Crippen MR) is 91.0 cm³/mol. The van der Waals surface area contributed by atoms with Gasteiger partial charge in [-0.15, -0.1) is 10.2 Å². The Morgan fingerprint density at radius 1 is 0.960 bits per heavy atom. The van der Waals surface area contributed by atoms with Crippen LogP contribution >= 0.6 is 11.8 Å². The molecule has 2 heterocycles. The molecule has 0 radical (unpaired) electrons. The number of methoxy groups -OCH3 is 3. The summed E-state index contributed by atoms with van der Waals surface area (Å²) in [5.74, 6) is 2.85. The van der Waals surface area contributed by atoms with E-state index >= 15 is 0 Å². The van der Waals surface area contributed by atoms with Crippen molar-refractivity contribution in [3.05, 3.63) is 36.5 Å². The van der Waals surface area contributed by atoms with Gasteiger partial charge >= 0.3 is 0 Å². The fourth-order valence-electron chi connectivity index (χ4n) is 2.12. The van der Waals surface area contributed by atoms with Gasteiger partial charge in [0.05, 0.1) is 27.1 Å². The van der Waals surface area contributed by atoms with Gasteiger partial charge in [-0.05, 0) is 18.2 Å². The van der Waals surface area contributed by atoms with Crippen molar-refractivity contribution >= 4 is 11.8 Å². The monoisotopic (exact) mass is 360 g/mol. The van der Waals surface area contributed by atoms with Crippen LogP contribution in [0.3, 0.4) is 0 Å². The molecule has 1 aromatic carbocycles. The van der Waals surface area contributed by atoms with Gasteiger partial charge in [0.2, 0.25) is 17.5 Å². The van der Waals surface area contributed by atoms with E-state index in [0.29, 0.717) is 45.5 Å². The number of benzene rings is 1. The molecule has 0 amide bonds. The van der Waals surface area contributed by atoms with E-state index in [0.717, 1.165) is 0 Å². The van der Waals surface area contributed by atoms with Gasteiger partial charge in [0.15, 0.2) is 16.7 Å². The number of hydrogen-bond donors (Lipinski definition) is 0. The molecule has 0 aliphatic heterocycles. The topological polar surface area (TPSA) is 92.4 Å². The molecule has 0 spiro atoms. The Morgan fingerprint density at radius 3 is 2.24 bits per heavy atom. The van der Waals surface area contributed by atoms with Crippen LogP contribution in [-0.2, 0) is 5.75 Å². The molecule has 0 N–H and O–H groups in total. The van der Waals surface area contributed by atoms with E-state index in [-0.39, 0.29) is 0 Å². The fourth-order valence-corrected chi connectivity index (χ4v) is 2.76. The van der Waals surface area contributed by atoms with E-state index < -0.39 is 0 Å². The lowest BCUT2D eigenvalue weighted by atomic mass is 10.2. The van der Waals surface area contributed by atoms with Crippen LogP contribution in [-0.4, -0.2) is 41.5 Å². The zero-order valence-corrected chi connectivity index (χ0v) is 14.7. The van der Waals surface area contributed by atoms with E-state index in [1.165, 1.54) is 11.8 Å². The number of ether oxygens (including phenoxy) is 3. The SMILES string of the molecule is COc1cc(-c2nnc(CSc3ncccn3)o2)cc(OC)c1OC. The highest BCUT2D eigenvalue weighted by atomic mass is 32.2. The van der Waals surface area contributed by atoms with Crippen molar-refractivity contribution in [1.29, 1.82) is 0 Å². The van der Waals surface area contributed by atoms with Gasteiger partial charge in [-0.2, -0.15) is 0 Å². The van der Waals surface area contributed by atoms with Crippen molar-refractivity contribution in [2.45, 2.75) is 10.9 Å². The molecule has 0 atom stereocenters. The number of aromatic nitrogens is 4. The van der Waals surface area contributed by atoms with E-state index in [1.807, 2.05) is 0 Å². The number of rotatable bonds is 7. The normalized spacial score (nSPS) is 10.5. The van der Waals surface area contributed by atoms with Crippen LogP contribution in [0.1, 0.15) is 5.89 Å². The zero-order chi connectivity index (χ0) is 17.6. The van der Waals surface area contributed by atoms with Crippen molar-refractivity contribution in [1.82, 2.24) is 20.2 Å². The highest BCUT2D eigenvalue weighted by Crippen LogP contribution is 2.40. The van der Waals surface area contributed by atoms with Gasteiger partial charge < -0.3 is 18.6 Å². The predicted octanol–water partition coefficient (Wildman–Crippen LogP) is 2.84. The molecule has 130 valence electrons. The number of nitrogens with zero attached hydrogens (tertiary/aromatic N) is 4. The Morgan fingerprint density at radius 2 is 1.64 bits per heavy atom. The third-order valence-electron chi connectivity index (χ3n) is 3.25. The molecule has 2 aromatic heterocycles. The lowest BCUT2D eigenvalue weighted by Crippen LogP contribution is -1.95. The first kappa shape index (κ1) is 17.0. The summed E-state index contributed by atoms with van der Waals surface area (Å²) in [7, 11) is 4.65. The molecule has 0 aliphatic rings. The molecule has 3 rings (SSSR count). The minimum atomic E-state index is 0.365. The highest BCUT2D eigenvalue weighted by molar-refractivity contribution is 7.98. The maximum Gasteiger partial charge on any atom is 0.248 e. The fraction of sp³-hybridized carbons (Fsp3) is 0.250. The van der Waals surface area contributed by atoms with Gasteiger partial charge in [-0.1, -0.05) is 11.8 Å². The smallest absolute Gasteiger partial charge is 0.248 e. The first-order chi connectivity index (χ1) is 12.2. The maximum atomic E-state index is 5.71. The van der Waals surface area contributed by atoms with E-state index in [2.05, 4.69) is 20.2 Å². The van der Waals surface area contributed by atoms with Crippen LogP contribution in [0.2, 0.25) is 0 Å². The Labute approximate surface area is 148 Å². The number of thioether (sulfide) groups is 1. The summed E-state index contributed by atoms with van der Waals surface area (Å²) in [5, 5.41) is 8.79. The third-order valence-corrected chi connectivity index (χ3v) is 4.11. The van der Waals surface area contributed by atoms with Gasteiger partial charge in [0, 0.05) is 18.0 Å². The van der Waals surface area contributed by atoms with Gasteiger partial charge in [0.25, 0.3) is 0 Å². The Kier molecular flexibility index (Phi) is 5.34. The zero-order valence-electron chi connectivity index (χ0n) is 13.9. The summed E-state index contributed by atoms with van der Waals surface area (Å²) in [6, 6.07) is 5.28. The molecule has 0 unspecified atom stereocenters. The van der Waals surface area contributed by atoms with Crippen molar-refractivity contribution < 1.29 is 18.6 Å². The first-order valence-electron chi connectivity index (χ1n) is 7.27.